The molecule has 4 aromatic rings. The summed E-state index contributed by atoms with van der Waals surface area (Å²) in [7, 11) is -19.0. The van der Waals surface area contributed by atoms with Crippen LogP contribution in [0.1, 0.15) is 89.5 Å². The van der Waals surface area contributed by atoms with Crippen molar-refractivity contribution >= 4 is 41.6 Å². The smallest absolute Gasteiger partial charge is 0.373 e. The van der Waals surface area contributed by atoms with Crippen LogP contribution < -0.4 is 0 Å². The molecule has 4 N–H and O–H groups in total. The Hall–Kier alpha value is -6.51. The summed E-state index contributed by atoms with van der Waals surface area (Å²) >= 11 is 0. The van der Waals surface area contributed by atoms with E-state index in [-0.39, 0.29) is 89.2 Å². The van der Waals surface area contributed by atoms with Crippen LogP contribution in [-0.2, 0) is 179 Å². The number of azide groups is 3. The van der Waals surface area contributed by atoms with Crippen molar-refractivity contribution in [2.24, 2.45) is 50.9 Å². The van der Waals surface area contributed by atoms with Gasteiger partial charge in [-0.05, 0) is 62.5 Å². The highest BCUT2D eigenvalue weighted by Gasteiger charge is 2.55. The fourth-order valence-corrected chi connectivity index (χ4v) is 17.9. The monoisotopic (exact) mass is 1890 g/mol. The van der Waals surface area contributed by atoms with Crippen molar-refractivity contribution in [3.8, 4) is 0 Å². The number of hydrogen-bond donors (Lipinski definition) is 4. The lowest BCUT2D eigenvalue weighted by Crippen LogP contribution is -2.61. The number of benzene rings is 4. The highest BCUT2D eigenvalue weighted by molar-refractivity contribution is 7.81. The van der Waals surface area contributed by atoms with Gasteiger partial charge in [0.05, 0.1) is 146 Å². The molecule has 8 aliphatic rings. The molecule has 0 amide bonds. The van der Waals surface area contributed by atoms with Gasteiger partial charge in [0.15, 0.2) is 50.3 Å². The maximum atomic E-state index is 12.5. The van der Waals surface area contributed by atoms with E-state index < -0.39 is 246 Å². The van der Waals surface area contributed by atoms with Crippen molar-refractivity contribution in [2.75, 3.05) is 60.0 Å². The van der Waals surface area contributed by atoms with Crippen LogP contribution >= 0.6 is 0 Å². The summed E-state index contributed by atoms with van der Waals surface area (Å²) in [6, 6.07) is 32.7. The normalized spacial score (nSPS) is 36.3. The summed E-state index contributed by atoms with van der Waals surface area (Å²) in [5.74, 6) is -3.64. The molecule has 8 saturated heterocycles. The van der Waals surface area contributed by atoms with E-state index in [1.807, 2.05) is 81.4 Å². The third-order valence-electron chi connectivity index (χ3n) is 23.6. The van der Waals surface area contributed by atoms with E-state index in [1.54, 1.807) is 81.4 Å². The SMILES string of the molecule is CO[C@H]1OC(COS(=O)(=O)O)[C@@H](O[C@H]2C[C@H](OCc3ccccc3)[C@H](O[C@H]3OC(COS(=O)(=O)O)[C@H](O[C@H]4C[C@H](OCc5ccccc5)[C@H](O[C@H]5OC(COS(=O)(=O)O)[C@@H](O[C@H]6C[C@H](OCc7ccccc7)[C@H](O[C@@H]7OC(COS(=O)(=O)O)[C@H](O[C@H]8C[C@H](OCc9ccccc9)[C@H](C)CO8)[C@H](C)C7N=[N+]=[N-])CO6)[C@H](C)C5N=[N+]=[N-])CO4)[C@H](C)C3N=[N+]=[N-])CO2)[C@H](C)C1C. The lowest BCUT2D eigenvalue weighted by atomic mass is 9.84. The lowest BCUT2D eigenvalue weighted by molar-refractivity contribution is -0.347. The predicted octanol–water partition coefficient (Wildman–Crippen LogP) is 8.69. The molecule has 8 heterocycles. The van der Waals surface area contributed by atoms with Crippen molar-refractivity contribution in [3.05, 3.63) is 175 Å². The van der Waals surface area contributed by atoms with Gasteiger partial charge in [-0.3, -0.25) is 18.2 Å². The van der Waals surface area contributed by atoms with E-state index in [0.717, 1.165) is 11.1 Å². The Labute approximate surface area is 740 Å². The van der Waals surface area contributed by atoms with Crippen molar-refractivity contribution in [2.45, 2.75) is 254 Å². The van der Waals surface area contributed by atoms with E-state index in [1.165, 1.54) is 7.11 Å². The van der Waals surface area contributed by atoms with Crippen molar-refractivity contribution in [1.29, 1.82) is 0 Å². The maximum Gasteiger partial charge on any atom is 0.397 e. The number of hydrogen-bond acceptors (Lipinski definition) is 35. The van der Waals surface area contributed by atoms with Crippen LogP contribution in [0.5, 0.6) is 0 Å². The van der Waals surface area contributed by atoms with Gasteiger partial charge in [0.2, 0.25) is 0 Å². The fourth-order valence-electron chi connectivity index (χ4n) is 16.7. The zero-order valence-electron chi connectivity index (χ0n) is 70.8. The second-order valence-electron chi connectivity index (χ2n) is 32.4. The second-order valence-corrected chi connectivity index (χ2v) is 36.7. The Morgan fingerprint density at radius 1 is 0.336 bits per heavy atom. The summed E-state index contributed by atoms with van der Waals surface area (Å²) in [6.45, 7) is 6.53. The van der Waals surface area contributed by atoms with Crippen LogP contribution in [0.15, 0.2) is 137 Å². The zero-order valence-corrected chi connectivity index (χ0v) is 74.1. The molecule has 8 fully saturated rings. The molecule has 0 bridgehead atoms. The average Bonchev–Trinajstić information content (AvgIpc) is 0.821. The summed E-state index contributed by atoms with van der Waals surface area (Å²) in [4.78, 5) is 9.39. The number of rotatable bonds is 42. The molecule has 8 unspecified atom stereocenters. The first-order valence-electron chi connectivity index (χ1n) is 41.6. The molecule has 8 aliphatic heterocycles. The molecule has 12 rings (SSSR count). The fraction of sp³-hybridized carbons (Fsp3) is 0.696. The molecular weight excluding hydrogens is 1780 g/mol. The van der Waals surface area contributed by atoms with E-state index in [9.17, 15) is 68.5 Å². The first kappa shape index (κ1) is 100. The zero-order chi connectivity index (χ0) is 91.5. The van der Waals surface area contributed by atoms with Gasteiger partial charge in [-0.15, -0.1) is 0 Å². The number of ether oxygens (including phenoxy) is 20. The van der Waals surface area contributed by atoms with Gasteiger partial charge in [0.1, 0.15) is 42.7 Å². The Balaban J connectivity index is 0.752. The molecule has 49 heteroatoms. The third-order valence-corrected chi connectivity index (χ3v) is 25.4. The molecule has 0 spiro atoms. The molecule has 710 valence electrons. The summed E-state index contributed by atoms with van der Waals surface area (Å²) < 4.78 is 286. The van der Waals surface area contributed by atoms with Gasteiger partial charge in [0, 0.05) is 59.4 Å². The lowest BCUT2D eigenvalue weighted by Gasteiger charge is -2.49. The highest BCUT2D eigenvalue weighted by atomic mass is 32.3. The minimum atomic E-state index is -5.23. The van der Waals surface area contributed by atoms with Gasteiger partial charge in [-0.25, -0.2) is 16.7 Å². The molecule has 0 aliphatic carbocycles. The van der Waals surface area contributed by atoms with Crippen LogP contribution in [0.2, 0.25) is 0 Å². The van der Waals surface area contributed by atoms with E-state index in [2.05, 4.69) is 30.1 Å². The van der Waals surface area contributed by atoms with Gasteiger partial charge < -0.3 is 94.7 Å². The quantitative estimate of drug-likeness (QED) is 0.0139. The van der Waals surface area contributed by atoms with Crippen molar-refractivity contribution < 1.29 is 163 Å². The molecule has 0 saturated carbocycles. The van der Waals surface area contributed by atoms with Crippen molar-refractivity contribution in [3.63, 3.8) is 0 Å². The van der Waals surface area contributed by atoms with Crippen LogP contribution in [0.25, 0.3) is 31.3 Å². The first-order valence-corrected chi connectivity index (χ1v) is 47.1. The Morgan fingerprint density at radius 3 is 0.852 bits per heavy atom. The largest absolute Gasteiger partial charge is 0.397 e. The van der Waals surface area contributed by atoms with Gasteiger partial charge in [0.25, 0.3) is 0 Å². The third kappa shape index (κ3) is 29.0. The molecule has 32 atom stereocenters. The topological polar surface area (TPSA) is 585 Å². The van der Waals surface area contributed by atoms with E-state index in [0.29, 0.717) is 17.7 Å². The minimum absolute atomic E-state index is 0.0280. The number of methoxy groups -OCH3 is 1. The number of nitrogens with zero attached hydrogens (tertiary/aromatic N) is 9. The van der Waals surface area contributed by atoms with Crippen LogP contribution in [0.4, 0.5) is 0 Å². The summed E-state index contributed by atoms with van der Waals surface area (Å²) in [5.41, 5.74) is 33.8. The molecular formula is C79H109N9O36S4. The van der Waals surface area contributed by atoms with Gasteiger partial charge in [-0.2, -0.15) is 33.7 Å². The van der Waals surface area contributed by atoms with Crippen LogP contribution in [0, 0.1) is 35.5 Å². The van der Waals surface area contributed by atoms with Gasteiger partial charge >= 0.3 is 41.6 Å². The standard InChI is InChI=1S/C79H109N9O36S4/c1-44-32-106-65(28-54(44)102-33-50-20-12-8-13-21-50)122-73-47(4)69(83-86-80)77(118-62(73)41-111-126(92,93)94)115-59-38-108-67(30-56(59)104-35-52-24-16-10-17-25-52)124-75-49(6)71(85-88-82)79(120-64(75)43-113-128(98,99)100)116-60-39-109-68(31-57(60)105-36-53-26-18-11-19-27-53)123-74-48(5)70(84-87-81)78(119-63(74)42-112-127(95,96)97)114-58-37-107-66(29-55(58)103-34-51-22-14-9-15-23-51)121-72-45(2)46(3)76(101-7)117-61(72)40-110-125(89,90)91/h8-27,44-49,54-79H,28-43H2,1-7H3,(H,89,90,91)(H,92,93,94)(H,95,96,97)(H,98,99,100)/t44-,45-,46?,47-,48-,49-,54+,55+,56+,57+,58-,59-,60-,61?,62?,63?,64?,65+,66+,67+,68+,69?,70?,71?,72+,73-,74-,75+,76+,77-,78+,79+/m1/s1. The second kappa shape index (κ2) is 46.9. The Bertz CT molecular complexity index is 4770. The Morgan fingerprint density at radius 2 is 0.586 bits per heavy atom. The molecule has 4 aromatic carbocycles. The average molecular weight is 1890 g/mol. The predicted molar refractivity (Wildman–Crippen MR) is 437 cm³/mol. The first-order chi connectivity index (χ1) is 61.2. The highest BCUT2D eigenvalue weighted by Crippen LogP contribution is 2.43. The minimum Gasteiger partial charge on any atom is -0.373 e. The Kier molecular flexibility index (Phi) is 36.8. The van der Waals surface area contributed by atoms with Crippen LogP contribution in [-0.4, -0.2) is 272 Å². The maximum absolute atomic E-state index is 12.5. The molecule has 0 radical (unpaired) electrons. The van der Waals surface area contributed by atoms with E-state index in [4.69, 9.17) is 111 Å². The van der Waals surface area contributed by atoms with Crippen molar-refractivity contribution in [1.82, 2.24) is 0 Å². The molecule has 45 nitrogen and oxygen atoms in total. The van der Waals surface area contributed by atoms with Gasteiger partial charge in [-0.1, -0.05) is 178 Å². The summed E-state index contributed by atoms with van der Waals surface area (Å²) in [6.07, 6.45) is -27.4. The summed E-state index contributed by atoms with van der Waals surface area (Å²) in [5, 5.41) is 12.3. The molecule has 128 heavy (non-hydrogen) atoms. The molecule has 0 aromatic heterocycles. The van der Waals surface area contributed by atoms with E-state index >= 15 is 0 Å². The van der Waals surface area contributed by atoms with Crippen LogP contribution in [0.3, 0.4) is 0 Å².